The van der Waals surface area contributed by atoms with E-state index in [1.165, 1.54) is 16.4 Å². The van der Waals surface area contributed by atoms with E-state index in [1.54, 1.807) is 19.1 Å². The second kappa shape index (κ2) is 7.55. The molecule has 0 radical (unpaired) electrons. The molecule has 1 aliphatic rings. The summed E-state index contributed by atoms with van der Waals surface area (Å²) in [5, 5.41) is 8.89. The maximum absolute atomic E-state index is 12.6. The van der Waals surface area contributed by atoms with E-state index in [1.807, 2.05) is 11.0 Å². The average Bonchev–Trinajstić information content (AvgIpc) is 2.55. The average molecular weight is 337 g/mol. The van der Waals surface area contributed by atoms with E-state index >= 15 is 0 Å². The van der Waals surface area contributed by atoms with E-state index in [4.69, 9.17) is 10.00 Å². The number of esters is 1. The van der Waals surface area contributed by atoms with Crippen LogP contribution in [0.5, 0.6) is 0 Å². The van der Waals surface area contributed by atoms with Crippen molar-refractivity contribution >= 4 is 16.0 Å². The molecule has 0 aliphatic carbocycles. The molecule has 2 rings (SSSR count). The number of carbonyl (C=O) groups is 1. The summed E-state index contributed by atoms with van der Waals surface area (Å²) < 4.78 is 31.5. The predicted octanol–water partition coefficient (Wildman–Crippen LogP) is 0.428. The van der Waals surface area contributed by atoms with Gasteiger partial charge >= 0.3 is 5.97 Å². The Kier molecular flexibility index (Phi) is 5.71. The maximum Gasteiger partial charge on any atom is 0.320 e. The van der Waals surface area contributed by atoms with Gasteiger partial charge < -0.3 is 4.74 Å². The molecule has 8 heteroatoms. The number of benzene rings is 1. The van der Waals surface area contributed by atoms with Crippen LogP contribution in [-0.2, 0) is 19.6 Å². The van der Waals surface area contributed by atoms with Crippen molar-refractivity contribution in [3.63, 3.8) is 0 Å². The van der Waals surface area contributed by atoms with E-state index < -0.39 is 10.0 Å². The van der Waals surface area contributed by atoms with Crippen LogP contribution in [0.4, 0.5) is 0 Å². The molecular formula is C15H19N3O4S. The summed E-state index contributed by atoms with van der Waals surface area (Å²) in [5.74, 6) is -0.300. The standard InChI is InChI=1S/C15H19N3O4S/c1-2-22-15(19)12-17-6-8-18(9-7-17)23(20,21)14-5-3-4-13(10-14)11-16/h3-5,10H,2,6-9,12H2,1H3. The van der Waals surface area contributed by atoms with E-state index in [0.717, 1.165) is 0 Å². The zero-order chi connectivity index (χ0) is 16.9. The molecule has 0 aromatic heterocycles. The van der Waals surface area contributed by atoms with Gasteiger partial charge in [0, 0.05) is 26.2 Å². The molecule has 1 saturated heterocycles. The summed E-state index contributed by atoms with van der Waals surface area (Å²) in [5.41, 5.74) is 0.312. The summed E-state index contributed by atoms with van der Waals surface area (Å²) in [6.45, 7) is 3.80. The van der Waals surface area contributed by atoms with Gasteiger partial charge in [0.25, 0.3) is 0 Å². The van der Waals surface area contributed by atoms with Gasteiger partial charge in [0.1, 0.15) is 0 Å². The summed E-state index contributed by atoms with van der Waals surface area (Å²) in [6.07, 6.45) is 0. The normalized spacial score (nSPS) is 16.7. The number of nitriles is 1. The summed E-state index contributed by atoms with van der Waals surface area (Å²) in [6, 6.07) is 7.93. The van der Waals surface area contributed by atoms with Gasteiger partial charge in [-0.05, 0) is 25.1 Å². The molecule has 7 nitrogen and oxygen atoms in total. The SMILES string of the molecule is CCOC(=O)CN1CCN(S(=O)(=O)c2cccc(C#N)c2)CC1. The Hall–Kier alpha value is -1.95. The second-order valence-electron chi connectivity index (χ2n) is 5.12. The lowest BCUT2D eigenvalue weighted by atomic mass is 10.2. The third-order valence-electron chi connectivity index (χ3n) is 3.59. The van der Waals surface area contributed by atoms with Crippen LogP contribution >= 0.6 is 0 Å². The number of rotatable bonds is 5. The van der Waals surface area contributed by atoms with Gasteiger partial charge in [0.2, 0.25) is 10.0 Å². The minimum absolute atomic E-state index is 0.121. The number of sulfonamides is 1. The first-order valence-corrected chi connectivity index (χ1v) is 8.79. The largest absolute Gasteiger partial charge is 0.465 e. The molecule has 1 aliphatic heterocycles. The molecule has 1 heterocycles. The summed E-state index contributed by atoms with van der Waals surface area (Å²) in [7, 11) is -3.62. The minimum atomic E-state index is -3.62. The Morgan fingerprint density at radius 2 is 2.00 bits per heavy atom. The molecule has 1 fully saturated rings. The van der Waals surface area contributed by atoms with Crippen LogP contribution in [0, 0.1) is 11.3 Å². The molecule has 0 N–H and O–H groups in total. The van der Waals surface area contributed by atoms with Gasteiger partial charge in [0.15, 0.2) is 0 Å². The highest BCUT2D eigenvalue weighted by Crippen LogP contribution is 2.18. The van der Waals surface area contributed by atoms with Crippen LogP contribution in [0.2, 0.25) is 0 Å². The summed E-state index contributed by atoms with van der Waals surface area (Å²) >= 11 is 0. The number of ether oxygens (including phenoxy) is 1. The quantitative estimate of drug-likeness (QED) is 0.724. The van der Waals surface area contributed by atoms with Crippen molar-refractivity contribution < 1.29 is 17.9 Å². The van der Waals surface area contributed by atoms with Crippen molar-refractivity contribution in [3.05, 3.63) is 29.8 Å². The van der Waals surface area contributed by atoms with Crippen molar-refractivity contribution in [2.75, 3.05) is 39.3 Å². The Bertz CT molecular complexity index is 704. The molecule has 0 bridgehead atoms. The molecule has 23 heavy (non-hydrogen) atoms. The molecule has 0 spiro atoms. The predicted molar refractivity (Wildman–Crippen MR) is 83.0 cm³/mol. The molecule has 0 saturated carbocycles. The number of carbonyl (C=O) groups excluding carboxylic acids is 1. The summed E-state index contributed by atoms with van der Waals surface area (Å²) in [4.78, 5) is 13.4. The van der Waals surface area contributed by atoms with Crippen molar-refractivity contribution in [1.82, 2.24) is 9.21 Å². The Morgan fingerprint density at radius 3 is 2.61 bits per heavy atom. The molecule has 124 valence electrons. The maximum atomic E-state index is 12.6. The highest BCUT2D eigenvalue weighted by Gasteiger charge is 2.29. The molecule has 1 aromatic carbocycles. The van der Waals surface area contributed by atoms with Crippen molar-refractivity contribution in [1.29, 1.82) is 5.26 Å². The fourth-order valence-electron chi connectivity index (χ4n) is 2.39. The lowest BCUT2D eigenvalue weighted by Crippen LogP contribution is -2.49. The number of nitrogens with zero attached hydrogens (tertiary/aromatic N) is 3. The highest BCUT2D eigenvalue weighted by molar-refractivity contribution is 7.89. The number of piperazine rings is 1. The highest BCUT2D eigenvalue weighted by atomic mass is 32.2. The van der Waals surface area contributed by atoms with E-state index in [0.29, 0.717) is 38.3 Å². The van der Waals surface area contributed by atoms with Crippen LogP contribution < -0.4 is 0 Å². The van der Waals surface area contributed by atoms with Crippen LogP contribution in [0.1, 0.15) is 12.5 Å². The molecule has 1 aromatic rings. The van der Waals surface area contributed by atoms with Crippen LogP contribution in [0.25, 0.3) is 0 Å². The van der Waals surface area contributed by atoms with Gasteiger partial charge in [0.05, 0.1) is 29.7 Å². The van der Waals surface area contributed by atoms with Gasteiger partial charge in [-0.1, -0.05) is 6.07 Å². The Morgan fingerprint density at radius 1 is 1.30 bits per heavy atom. The topological polar surface area (TPSA) is 90.7 Å². The lowest BCUT2D eigenvalue weighted by molar-refractivity contribution is -0.144. The number of hydrogen-bond donors (Lipinski definition) is 0. The lowest BCUT2D eigenvalue weighted by Gasteiger charge is -2.33. The zero-order valence-electron chi connectivity index (χ0n) is 12.9. The third kappa shape index (κ3) is 4.28. The van der Waals surface area contributed by atoms with E-state index in [2.05, 4.69) is 0 Å². The van der Waals surface area contributed by atoms with Crippen molar-refractivity contribution in [2.45, 2.75) is 11.8 Å². The molecule has 0 amide bonds. The van der Waals surface area contributed by atoms with Gasteiger partial charge in [-0.3, -0.25) is 9.69 Å². The van der Waals surface area contributed by atoms with Crippen LogP contribution in [0.3, 0.4) is 0 Å². The van der Waals surface area contributed by atoms with E-state index in [9.17, 15) is 13.2 Å². The fraction of sp³-hybridized carbons (Fsp3) is 0.467. The number of hydrogen-bond acceptors (Lipinski definition) is 6. The molecule has 0 unspecified atom stereocenters. The smallest absolute Gasteiger partial charge is 0.320 e. The van der Waals surface area contributed by atoms with E-state index in [-0.39, 0.29) is 17.4 Å². The first kappa shape index (κ1) is 17.4. The van der Waals surface area contributed by atoms with Crippen LogP contribution in [0.15, 0.2) is 29.2 Å². The van der Waals surface area contributed by atoms with Crippen molar-refractivity contribution in [2.24, 2.45) is 0 Å². The zero-order valence-corrected chi connectivity index (χ0v) is 13.8. The third-order valence-corrected chi connectivity index (χ3v) is 5.48. The Balaban J connectivity index is 2.01. The first-order chi connectivity index (χ1) is 11.0. The first-order valence-electron chi connectivity index (χ1n) is 7.35. The Labute approximate surface area is 136 Å². The van der Waals surface area contributed by atoms with Gasteiger partial charge in [-0.25, -0.2) is 8.42 Å². The van der Waals surface area contributed by atoms with Gasteiger partial charge in [-0.15, -0.1) is 0 Å². The molecular weight excluding hydrogens is 318 g/mol. The van der Waals surface area contributed by atoms with Gasteiger partial charge in [-0.2, -0.15) is 9.57 Å². The molecule has 0 atom stereocenters. The second-order valence-corrected chi connectivity index (χ2v) is 7.06. The fourth-order valence-corrected chi connectivity index (χ4v) is 3.86. The minimum Gasteiger partial charge on any atom is -0.465 e. The van der Waals surface area contributed by atoms with Crippen molar-refractivity contribution in [3.8, 4) is 6.07 Å². The van der Waals surface area contributed by atoms with Crippen LogP contribution in [-0.4, -0.2) is 62.9 Å². The monoisotopic (exact) mass is 337 g/mol.